The quantitative estimate of drug-likeness (QED) is 0.618. The molecular weight excluding hydrogens is 371 g/mol. The van der Waals surface area contributed by atoms with Crippen LogP contribution >= 0.6 is 8.58 Å². The SMILES string of the molecule is CC(C)(C)OC(=O)NC(CCc1ccccc1)C(O)CPCc1ccccn1. The van der Waals surface area contributed by atoms with Gasteiger partial charge in [-0.15, -0.1) is 8.58 Å². The van der Waals surface area contributed by atoms with Gasteiger partial charge >= 0.3 is 6.09 Å². The van der Waals surface area contributed by atoms with E-state index in [0.29, 0.717) is 21.2 Å². The molecule has 5 nitrogen and oxygen atoms in total. The number of hydrogen-bond donors (Lipinski definition) is 2. The zero-order chi connectivity index (χ0) is 20.4. The summed E-state index contributed by atoms with van der Waals surface area (Å²) in [6, 6.07) is 15.6. The molecule has 0 radical (unpaired) electrons. The Balaban J connectivity index is 1.91. The van der Waals surface area contributed by atoms with Gasteiger partial charge in [0.1, 0.15) is 5.60 Å². The van der Waals surface area contributed by atoms with Crippen LogP contribution in [0.4, 0.5) is 4.79 Å². The maximum atomic E-state index is 12.2. The minimum atomic E-state index is -0.627. The molecule has 1 amide bonds. The van der Waals surface area contributed by atoms with Crippen molar-refractivity contribution in [2.45, 2.75) is 57.5 Å². The fraction of sp³-hybridized carbons (Fsp3) is 0.455. The number of carbonyl (C=O) groups excluding carboxylic acids is 1. The van der Waals surface area contributed by atoms with Gasteiger partial charge < -0.3 is 15.2 Å². The molecule has 1 aromatic carbocycles. The van der Waals surface area contributed by atoms with Crippen LogP contribution in [0.5, 0.6) is 0 Å². The molecule has 0 spiro atoms. The molecule has 0 bridgehead atoms. The molecule has 2 rings (SSSR count). The molecule has 0 saturated carbocycles. The average Bonchev–Trinajstić information content (AvgIpc) is 2.65. The standard InChI is InChI=1S/C22H31N2O3P/c1-22(2,3)27-21(26)24-19(13-12-17-9-5-4-6-10-17)20(25)16-28-15-18-11-7-8-14-23-18/h4-11,14,19-20,25,28H,12-13,15-16H2,1-3H3,(H,24,26). The van der Waals surface area contributed by atoms with E-state index in [0.717, 1.165) is 18.3 Å². The predicted molar refractivity (Wildman–Crippen MR) is 115 cm³/mol. The second kappa shape index (κ2) is 11.1. The topological polar surface area (TPSA) is 71.5 Å². The summed E-state index contributed by atoms with van der Waals surface area (Å²) in [4.78, 5) is 16.5. The van der Waals surface area contributed by atoms with Gasteiger partial charge in [-0.3, -0.25) is 4.98 Å². The lowest BCUT2D eigenvalue weighted by molar-refractivity contribution is 0.0434. The van der Waals surface area contributed by atoms with Gasteiger partial charge in [0.25, 0.3) is 0 Å². The zero-order valence-electron chi connectivity index (χ0n) is 16.9. The molecule has 1 heterocycles. The first-order valence-corrected chi connectivity index (χ1v) is 11.1. The number of hydrogen-bond acceptors (Lipinski definition) is 4. The fourth-order valence-electron chi connectivity index (χ4n) is 2.78. The third-order valence-corrected chi connectivity index (χ3v) is 5.46. The Morgan fingerprint density at radius 1 is 1.18 bits per heavy atom. The molecule has 28 heavy (non-hydrogen) atoms. The van der Waals surface area contributed by atoms with Crippen LogP contribution in [-0.2, 0) is 17.3 Å². The number of aliphatic hydroxyl groups is 1. The van der Waals surface area contributed by atoms with Crippen LogP contribution in [0.1, 0.15) is 38.4 Å². The van der Waals surface area contributed by atoms with E-state index in [-0.39, 0.29) is 6.04 Å². The van der Waals surface area contributed by atoms with Crippen LogP contribution in [0.2, 0.25) is 0 Å². The summed E-state index contributed by atoms with van der Waals surface area (Å²) in [6.07, 6.45) is 3.54. The first kappa shape index (κ1) is 22.3. The minimum Gasteiger partial charge on any atom is -0.444 e. The van der Waals surface area contributed by atoms with Crippen LogP contribution in [0.3, 0.4) is 0 Å². The predicted octanol–water partition coefficient (Wildman–Crippen LogP) is 4.15. The van der Waals surface area contributed by atoms with E-state index in [2.05, 4.69) is 22.4 Å². The second-order valence-corrected chi connectivity index (χ2v) is 9.06. The van der Waals surface area contributed by atoms with Crippen molar-refractivity contribution in [1.82, 2.24) is 10.3 Å². The first-order chi connectivity index (χ1) is 13.3. The lowest BCUT2D eigenvalue weighted by atomic mass is 10.0. The smallest absolute Gasteiger partial charge is 0.407 e. The van der Waals surface area contributed by atoms with Gasteiger partial charge in [-0.1, -0.05) is 36.4 Å². The number of nitrogens with zero attached hydrogens (tertiary/aromatic N) is 1. The lowest BCUT2D eigenvalue weighted by Crippen LogP contribution is -2.46. The van der Waals surface area contributed by atoms with Gasteiger partial charge in [-0.05, 0) is 57.5 Å². The number of alkyl carbamates (subject to hydrolysis) is 1. The Kier molecular flexibility index (Phi) is 8.88. The normalized spacial score (nSPS) is 14.0. The van der Waals surface area contributed by atoms with Gasteiger partial charge in [-0.2, -0.15) is 0 Å². The molecule has 152 valence electrons. The molecule has 3 unspecified atom stereocenters. The van der Waals surface area contributed by atoms with Gasteiger partial charge in [0.15, 0.2) is 0 Å². The summed E-state index contributed by atoms with van der Waals surface area (Å²) in [5, 5.41) is 13.6. The lowest BCUT2D eigenvalue weighted by Gasteiger charge is -2.27. The highest BCUT2D eigenvalue weighted by atomic mass is 31.1. The van der Waals surface area contributed by atoms with Crippen LogP contribution < -0.4 is 5.32 Å². The molecule has 0 aliphatic rings. The molecule has 3 atom stereocenters. The Labute approximate surface area is 169 Å². The van der Waals surface area contributed by atoms with Gasteiger partial charge in [0.05, 0.1) is 12.1 Å². The number of aromatic nitrogens is 1. The highest BCUT2D eigenvalue weighted by Crippen LogP contribution is 2.21. The number of carbonyl (C=O) groups is 1. The Bertz CT molecular complexity index is 705. The maximum absolute atomic E-state index is 12.2. The molecular formula is C22H31N2O3P. The number of rotatable bonds is 9. The molecule has 0 aliphatic carbocycles. The van der Waals surface area contributed by atoms with E-state index < -0.39 is 17.8 Å². The van der Waals surface area contributed by atoms with Crippen LogP contribution in [0.15, 0.2) is 54.7 Å². The monoisotopic (exact) mass is 402 g/mol. The van der Waals surface area contributed by atoms with Crippen LogP contribution in [0.25, 0.3) is 0 Å². The van der Waals surface area contributed by atoms with E-state index >= 15 is 0 Å². The van der Waals surface area contributed by atoms with Gasteiger partial charge in [0, 0.05) is 18.1 Å². The van der Waals surface area contributed by atoms with Crippen molar-refractivity contribution >= 4 is 14.7 Å². The van der Waals surface area contributed by atoms with Crippen molar-refractivity contribution in [3.05, 3.63) is 66.0 Å². The molecule has 6 heteroatoms. The van der Waals surface area contributed by atoms with Gasteiger partial charge in [-0.25, -0.2) is 4.79 Å². The van der Waals surface area contributed by atoms with E-state index in [1.54, 1.807) is 6.20 Å². The van der Waals surface area contributed by atoms with E-state index in [4.69, 9.17) is 4.74 Å². The number of ether oxygens (including phenoxy) is 1. The second-order valence-electron chi connectivity index (χ2n) is 7.80. The molecule has 0 fully saturated rings. The summed E-state index contributed by atoms with van der Waals surface area (Å²) in [5.41, 5.74) is 1.63. The van der Waals surface area contributed by atoms with Crippen molar-refractivity contribution in [3.8, 4) is 0 Å². The largest absolute Gasteiger partial charge is 0.444 e. The van der Waals surface area contributed by atoms with Gasteiger partial charge in [0.2, 0.25) is 0 Å². The van der Waals surface area contributed by atoms with E-state index in [9.17, 15) is 9.90 Å². The van der Waals surface area contributed by atoms with Crippen LogP contribution in [-0.4, -0.2) is 40.1 Å². The average molecular weight is 402 g/mol. The number of pyridine rings is 1. The van der Waals surface area contributed by atoms with E-state index in [1.807, 2.05) is 57.2 Å². The number of aryl methyl sites for hydroxylation is 1. The summed E-state index contributed by atoms with van der Waals surface area (Å²) in [7, 11) is 0.535. The van der Waals surface area contributed by atoms with Crippen LogP contribution in [0, 0.1) is 0 Å². The number of benzene rings is 1. The van der Waals surface area contributed by atoms with Crippen molar-refractivity contribution < 1.29 is 14.6 Å². The Hall–Kier alpha value is -1.97. The molecule has 2 aromatic rings. The first-order valence-electron chi connectivity index (χ1n) is 9.65. The Morgan fingerprint density at radius 3 is 2.54 bits per heavy atom. The maximum Gasteiger partial charge on any atom is 0.407 e. The summed E-state index contributed by atoms with van der Waals surface area (Å²) in [6.45, 7) is 5.49. The zero-order valence-corrected chi connectivity index (χ0v) is 17.9. The molecule has 0 aliphatic heterocycles. The number of amides is 1. The van der Waals surface area contributed by atoms with Crippen molar-refractivity contribution in [1.29, 1.82) is 0 Å². The summed E-state index contributed by atoms with van der Waals surface area (Å²) in [5.74, 6) is 0. The highest BCUT2D eigenvalue weighted by molar-refractivity contribution is 7.37. The van der Waals surface area contributed by atoms with Crippen molar-refractivity contribution in [3.63, 3.8) is 0 Å². The Morgan fingerprint density at radius 2 is 1.89 bits per heavy atom. The third-order valence-electron chi connectivity index (χ3n) is 4.14. The van der Waals surface area contributed by atoms with E-state index in [1.165, 1.54) is 5.56 Å². The fourth-order valence-corrected chi connectivity index (χ4v) is 3.97. The molecule has 0 saturated heterocycles. The minimum absolute atomic E-state index is 0.355. The number of nitrogens with one attached hydrogen (secondary N) is 1. The summed E-state index contributed by atoms with van der Waals surface area (Å²) >= 11 is 0. The summed E-state index contributed by atoms with van der Waals surface area (Å²) < 4.78 is 5.38. The highest BCUT2D eigenvalue weighted by Gasteiger charge is 2.24. The van der Waals surface area contributed by atoms with Crippen molar-refractivity contribution in [2.75, 3.05) is 6.16 Å². The third kappa shape index (κ3) is 8.81. The van der Waals surface area contributed by atoms with Crippen molar-refractivity contribution in [2.24, 2.45) is 0 Å². The number of aliphatic hydroxyl groups excluding tert-OH is 1. The molecule has 1 aromatic heterocycles. The molecule has 2 N–H and O–H groups in total.